The van der Waals surface area contributed by atoms with E-state index in [4.69, 9.17) is 19.3 Å². The molecule has 0 saturated heterocycles. The summed E-state index contributed by atoms with van der Waals surface area (Å²) in [5.41, 5.74) is 0. The number of hydrogen-bond donors (Lipinski definition) is 2. The second-order valence-corrected chi connectivity index (χ2v) is 15.6. The van der Waals surface area contributed by atoms with E-state index >= 15 is 0 Å². The van der Waals surface area contributed by atoms with E-state index in [1.807, 2.05) is 6.08 Å². The molecule has 0 radical (unpaired) electrons. The maximum Gasteiger partial charge on any atom is 0.469 e. The van der Waals surface area contributed by atoms with Crippen molar-refractivity contribution in [3.8, 4) is 0 Å². The predicted molar refractivity (Wildman–Crippen MR) is 216 cm³/mol. The van der Waals surface area contributed by atoms with Gasteiger partial charge in [0.05, 0.1) is 6.61 Å². The van der Waals surface area contributed by atoms with Crippen LogP contribution in [0.3, 0.4) is 0 Å². The quantitative estimate of drug-likeness (QED) is 0.0275. The summed E-state index contributed by atoms with van der Waals surface area (Å²) in [5.74, 6) is -0.887. The molecule has 0 aromatic rings. The first-order chi connectivity index (χ1) is 25.3. The maximum atomic E-state index is 12.4. The number of phosphoric ester groups is 1. The number of rotatable bonds is 40. The zero-order valence-corrected chi connectivity index (χ0v) is 34.2. The number of unbranched alkanes of at least 4 members (excludes halogenated alkanes) is 25. The van der Waals surface area contributed by atoms with Gasteiger partial charge in [0.2, 0.25) is 0 Å². The van der Waals surface area contributed by atoms with Gasteiger partial charge in [-0.25, -0.2) is 4.57 Å². The van der Waals surface area contributed by atoms with Crippen LogP contribution in [0.5, 0.6) is 0 Å². The van der Waals surface area contributed by atoms with Crippen LogP contribution in [0.1, 0.15) is 206 Å². The lowest BCUT2D eigenvalue weighted by Gasteiger charge is -2.18. The molecule has 1 atom stereocenters. The van der Waals surface area contributed by atoms with Crippen LogP contribution >= 0.6 is 7.82 Å². The Kier molecular flexibility index (Phi) is 37.7. The lowest BCUT2D eigenvalue weighted by Crippen LogP contribution is -2.29. The monoisotopic (exact) mass is 755 g/mol. The lowest BCUT2D eigenvalue weighted by atomic mass is 10.0. The first-order valence-corrected chi connectivity index (χ1v) is 22.8. The number of allylic oxidation sites excluding steroid dienone is 5. The molecule has 0 aromatic carbocycles. The largest absolute Gasteiger partial charge is 0.469 e. The van der Waals surface area contributed by atoms with Crippen molar-refractivity contribution in [1.82, 2.24) is 0 Å². The van der Waals surface area contributed by atoms with Gasteiger partial charge < -0.3 is 19.3 Å². The van der Waals surface area contributed by atoms with Gasteiger partial charge in [-0.05, 0) is 57.8 Å². The van der Waals surface area contributed by atoms with E-state index in [-0.39, 0.29) is 19.4 Å². The van der Waals surface area contributed by atoms with Crippen LogP contribution in [0, 0.1) is 0 Å². The molecule has 9 heteroatoms. The zero-order valence-electron chi connectivity index (χ0n) is 33.3. The summed E-state index contributed by atoms with van der Waals surface area (Å²) in [6, 6.07) is 0. The third kappa shape index (κ3) is 41.0. The molecule has 0 unspecified atom stereocenters. The summed E-state index contributed by atoms with van der Waals surface area (Å²) in [6.45, 7) is 5.18. The van der Waals surface area contributed by atoms with Gasteiger partial charge >= 0.3 is 19.8 Å². The Bertz CT molecular complexity index is 928. The van der Waals surface area contributed by atoms with Gasteiger partial charge in [0.15, 0.2) is 6.10 Å². The fourth-order valence-corrected chi connectivity index (χ4v) is 6.45. The van der Waals surface area contributed by atoms with Crippen molar-refractivity contribution in [3.63, 3.8) is 0 Å². The number of esters is 2. The smallest absolute Gasteiger partial charge is 0.462 e. The van der Waals surface area contributed by atoms with E-state index in [2.05, 4.69) is 42.3 Å². The summed E-state index contributed by atoms with van der Waals surface area (Å²) in [4.78, 5) is 42.9. The summed E-state index contributed by atoms with van der Waals surface area (Å²) in [6.07, 6.45) is 44.7. The average molecular weight is 755 g/mol. The molecule has 2 N–H and O–H groups in total. The van der Waals surface area contributed by atoms with Crippen molar-refractivity contribution in [2.75, 3.05) is 13.2 Å². The van der Waals surface area contributed by atoms with Crippen molar-refractivity contribution >= 4 is 19.8 Å². The number of carbonyl (C=O) groups is 2. The molecule has 52 heavy (non-hydrogen) atoms. The molecule has 0 aliphatic heterocycles. The minimum absolute atomic E-state index is 0.207. The highest BCUT2D eigenvalue weighted by molar-refractivity contribution is 7.46. The molecule has 0 aliphatic carbocycles. The third-order valence-corrected chi connectivity index (χ3v) is 9.76. The van der Waals surface area contributed by atoms with Crippen molar-refractivity contribution in [3.05, 3.63) is 37.0 Å². The van der Waals surface area contributed by atoms with E-state index in [1.54, 1.807) is 0 Å². The minimum atomic E-state index is -4.75. The highest BCUT2D eigenvalue weighted by atomic mass is 31.2. The van der Waals surface area contributed by atoms with Crippen LogP contribution in [-0.2, 0) is 28.2 Å². The fourth-order valence-electron chi connectivity index (χ4n) is 6.09. The van der Waals surface area contributed by atoms with Crippen LogP contribution in [0.25, 0.3) is 0 Å². The Morgan fingerprint density at radius 3 is 1.40 bits per heavy atom. The van der Waals surface area contributed by atoms with E-state index in [9.17, 15) is 14.2 Å². The van der Waals surface area contributed by atoms with Gasteiger partial charge in [-0.3, -0.25) is 14.1 Å². The normalized spacial score (nSPS) is 12.5. The first kappa shape index (κ1) is 50.3. The fraction of sp³-hybridized carbons (Fsp3) is 0.814. The van der Waals surface area contributed by atoms with Crippen LogP contribution in [0.4, 0.5) is 0 Å². The molecule has 0 bridgehead atoms. The first-order valence-electron chi connectivity index (χ1n) is 21.2. The topological polar surface area (TPSA) is 119 Å². The van der Waals surface area contributed by atoms with E-state index < -0.39 is 32.5 Å². The molecule has 304 valence electrons. The standard InChI is InChI=1S/C43H79O8P/c1-3-5-7-9-11-13-15-17-19-20-21-22-24-26-28-30-32-34-36-38-43(45)51-41(40-50-52(46,47)48)39-49-42(44)37-35-33-31-29-27-25-23-18-16-14-12-10-8-6-4-2/h4,11,13,17,19,41H,2-3,5-10,12,14-16,18,20-40H2,1H3,(H2,46,47,48)/b13-11+,19-17+/t41-/m1/s1. The summed E-state index contributed by atoms with van der Waals surface area (Å²) >= 11 is 0. The van der Waals surface area contributed by atoms with Gasteiger partial charge in [-0.15, -0.1) is 6.58 Å². The van der Waals surface area contributed by atoms with Crippen molar-refractivity contribution < 1.29 is 37.9 Å². The predicted octanol–water partition coefficient (Wildman–Crippen LogP) is 13.0. The number of hydrogen-bond acceptors (Lipinski definition) is 6. The zero-order chi connectivity index (χ0) is 38.2. The van der Waals surface area contributed by atoms with Crippen molar-refractivity contribution in [2.24, 2.45) is 0 Å². The Labute approximate surface area is 319 Å². The number of carbonyl (C=O) groups excluding carboxylic acids is 2. The van der Waals surface area contributed by atoms with Crippen LogP contribution in [0.2, 0.25) is 0 Å². The van der Waals surface area contributed by atoms with Crippen LogP contribution in [0.15, 0.2) is 37.0 Å². The second kappa shape index (κ2) is 39.0. The molecular formula is C43H79O8P. The van der Waals surface area contributed by atoms with E-state index in [0.717, 1.165) is 57.8 Å². The second-order valence-electron chi connectivity index (χ2n) is 14.4. The summed E-state index contributed by atoms with van der Waals surface area (Å²) < 4.78 is 26.4. The molecule has 0 heterocycles. The molecular weight excluding hydrogens is 675 g/mol. The van der Waals surface area contributed by atoms with Crippen molar-refractivity contribution in [2.45, 2.75) is 212 Å². The molecule has 0 aliphatic rings. The van der Waals surface area contributed by atoms with E-state index in [1.165, 1.54) is 122 Å². The minimum Gasteiger partial charge on any atom is -0.462 e. The lowest BCUT2D eigenvalue weighted by molar-refractivity contribution is -0.161. The average Bonchev–Trinajstić information content (AvgIpc) is 3.11. The van der Waals surface area contributed by atoms with Crippen LogP contribution in [-0.4, -0.2) is 41.0 Å². The Morgan fingerprint density at radius 2 is 0.962 bits per heavy atom. The van der Waals surface area contributed by atoms with Crippen LogP contribution < -0.4 is 0 Å². The molecule has 0 amide bonds. The number of ether oxygens (including phenoxy) is 2. The third-order valence-electron chi connectivity index (χ3n) is 9.28. The van der Waals surface area contributed by atoms with Gasteiger partial charge in [-0.2, -0.15) is 0 Å². The molecule has 0 spiro atoms. The van der Waals surface area contributed by atoms with Crippen molar-refractivity contribution in [1.29, 1.82) is 0 Å². The molecule has 0 aromatic heterocycles. The SMILES string of the molecule is C=CCCCCCCCCCCCCCCCC(=O)OC[C@H](COP(=O)(O)O)OC(=O)CCCCCCCCCCC/C=C/C/C=C/CCCCC. The van der Waals surface area contributed by atoms with Gasteiger partial charge in [0.25, 0.3) is 0 Å². The number of phosphoric acid groups is 1. The Morgan fingerprint density at radius 1 is 0.558 bits per heavy atom. The molecule has 0 fully saturated rings. The van der Waals surface area contributed by atoms with Gasteiger partial charge in [0.1, 0.15) is 6.61 Å². The van der Waals surface area contributed by atoms with Gasteiger partial charge in [-0.1, -0.05) is 166 Å². The van der Waals surface area contributed by atoms with E-state index in [0.29, 0.717) is 6.42 Å². The maximum absolute atomic E-state index is 12.4. The Hall–Kier alpha value is -1.73. The molecule has 0 saturated carbocycles. The molecule has 0 rings (SSSR count). The summed E-state index contributed by atoms with van der Waals surface area (Å²) in [7, 11) is -4.75. The van der Waals surface area contributed by atoms with Gasteiger partial charge in [0, 0.05) is 12.8 Å². The summed E-state index contributed by atoms with van der Waals surface area (Å²) in [5, 5.41) is 0. The molecule has 8 nitrogen and oxygen atoms in total. The highest BCUT2D eigenvalue weighted by Gasteiger charge is 2.22. The highest BCUT2D eigenvalue weighted by Crippen LogP contribution is 2.36. The Balaban J connectivity index is 3.88.